The maximum Gasteiger partial charge on any atom is 0.251 e. The van der Waals surface area contributed by atoms with Crippen LogP contribution in [0, 0.1) is 5.92 Å². The molecule has 1 N–H and O–H groups in total. The fraction of sp³-hybridized carbons (Fsp3) is 0.667. The molecule has 3 aliphatic heterocycles. The van der Waals surface area contributed by atoms with Gasteiger partial charge in [-0.2, -0.15) is 0 Å². The monoisotopic (exact) mass is 413 g/mol. The Balaban J connectivity index is 1.14. The fourth-order valence-electron chi connectivity index (χ4n) is 5.07. The third-order valence-electron chi connectivity index (χ3n) is 6.95. The molecule has 164 valence electrons. The minimum Gasteiger partial charge on any atom is -0.368 e. The van der Waals surface area contributed by atoms with Crippen molar-refractivity contribution in [2.75, 3.05) is 39.3 Å². The zero-order valence-electron chi connectivity index (χ0n) is 17.9. The Kier molecular flexibility index (Phi) is 7.39. The second kappa shape index (κ2) is 10.4. The summed E-state index contributed by atoms with van der Waals surface area (Å²) in [5.74, 6) is 0.539. The average Bonchev–Trinajstić information content (AvgIpc) is 3.34. The van der Waals surface area contributed by atoms with Crippen LogP contribution in [0.1, 0.15) is 44.1 Å². The molecule has 1 aromatic carbocycles. The van der Waals surface area contributed by atoms with Gasteiger partial charge < -0.3 is 19.9 Å². The molecule has 2 amide bonds. The van der Waals surface area contributed by atoms with Crippen molar-refractivity contribution >= 4 is 11.8 Å². The van der Waals surface area contributed by atoms with Crippen molar-refractivity contribution in [1.29, 1.82) is 0 Å². The molecule has 0 radical (unpaired) electrons. The first-order valence-corrected chi connectivity index (χ1v) is 11.7. The first-order chi connectivity index (χ1) is 14.7. The number of nitrogens with zero attached hydrogens (tertiary/aromatic N) is 2. The number of hydrogen-bond donors (Lipinski definition) is 1. The Bertz CT molecular complexity index is 689. The molecule has 3 fully saturated rings. The molecule has 1 aromatic rings. The highest BCUT2D eigenvalue weighted by atomic mass is 16.5. The van der Waals surface area contributed by atoms with E-state index in [0.29, 0.717) is 12.6 Å². The Morgan fingerprint density at radius 1 is 0.967 bits per heavy atom. The molecule has 1 atom stereocenters. The van der Waals surface area contributed by atoms with Crippen molar-refractivity contribution in [3.63, 3.8) is 0 Å². The number of ether oxygens (including phenoxy) is 1. The normalized spacial score (nSPS) is 24.1. The van der Waals surface area contributed by atoms with E-state index < -0.39 is 0 Å². The molecule has 0 aromatic heterocycles. The fourth-order valence-corrected chi connectivity index (χ4v) is 5.07. The molecule has 30 heavy (non-hydrogen) atoms. The standard InChI is InChI=1S/C24H35N3O3/c28-23(25-13-8-19-5-2-1-3-6-19)20-9-14-26(15-10-20)21-11-16-27(17-12-21)24(29)22-7-4-18-30-22/h1-3,5-6,20-22H,4,7-18H2,(H,25,28). The highest BCUT2D eigenvalue weighted by Gasteiger charge is 2.34. The van der Waals surface area contributed by atoms with E-state index >= 15 is 0 Å². The van der Waals surface area contributed by atoms with Crippen molar-refractivity contribution in [3.8, 4) is 0 Å². The first kappa shape index (κ1) is 21.3. The van der Waals surface area contributed by atoms with Gasteiger partial charge in [0.15, 0.2) is 0 Å². The zero-order valence-corrected chi connectivity index (χ0v) is 17.9. The molecule has 4 rings (SSSR count). The number of benzene rings is 1. The molecule has 6 heteroatoms. The van der Waals surface area contributed by atoms with Crippen molar-refractivity contribution in [2.24, 2.45) is 5.92 Å². The van der Waals surface area contributed by atoms with Crippen LogP contribution in [0.15, 0.2) is 30.3 Å². The van der Waals surface area contributed by atoms with Gasteiger partial charge in [0.2, 0.25) is 5.91 Å². The second-order valence-electron chi connectivity index (χ2n) is 8.89. The molecule has 3 aliphatic rings. The summed E-state index contributed by atoms with van der Waals surface area (Å²) in [7, 11) is 0. The molecule has 0 spiro atoms. The summed E-state index contributed by atoms with van der Waals surface area (Å²) in [6.07, 6.45) is 6.51. The predicted molar refractivity (Wildman–Crippen MR) is 116 cm³/mol. The predicted octanol–water partition coefficient (Wildman–Crippen LogP) is 2.23. The number of carbonyl (C=O) groups is 2. The van der Waals surface area contributed by atoms with Crippen molar-refractivity contribution in [3.05, 3.63) is 35.9 Å². The van der Waals surface area contributed by atoms with Gasteiger partial charge in [-0.25, -0.2) is 0 Å². The molecule has 3 heterocycles. The van der Waals surface area contributed by atoms with E-state index in [1.54, 1.807) is 0 Å². The third kappa shape index (κ3) is 5.41. The van der Waals surface area contributed by atoms with Gasteiger partial charge in [0.05, 0.1) is 0 Å². The lowest BCUT2D eigenvalue weighted by Gasteiger charge is -2.41. The minimum atomic E-state index is -0.197. The zero-order chi connectivity index (χ0) is 20.8. The highest BCUT2D eigenvalue weighted by molar-refractivity contribution is 5.81. The molecule has 1 unspecified atom stereocenters. The van der Waals surface area contributed by atoms with Crippen molar-refractivity contribution in [2.45, 2.75) is 57.1 Å². The van der Waals surface area contributed by atoms with Gasteiger partial charge in [0.1, 0.15) is 6.10 Å². The number of amides is 2. The molecule has 3 saturated heterocycles. The van der Waals surface area contributed by atoms with Gasteiger partial charge in [-0.05, 0) is 63.6 Å². The summed E-state index contributed by atoms with van der Waals surface area (Å²) >= 11 is 0. The van der Waals surface area contributed by atoms with Crippen LogP contribution in [0.4, 0.5) is 0 Å². The molecular formula is C24H35N3O3. The molecule has 6 nitrogen and oxygen atoms in total. The molecule has 0 bridgehead atoms. The molecule has 0 aliphatic carbocycles. The van der Waals surface area contributed by atoms with Crippen LogP contribution in [0.25, 0.3) is 0 Å². The van der Waals surface area contributed by atoms with E-state index in [9.17, 15) is 9.59 Å². The summed E-state index contributed by atoms with van der Waals surface area (Å²) in [4.78, 5) is 29.6. The van der Waals surface area contributed by atoms with Crippen molar-refractivity contribution in [1.82, 2.24) is 15.1 Å². The summed E-state index contributed by atoms with van der Waals surface area (Å²) in [6.45, 7) is 5.08. The van der Waals surface area contributed by atoms with Crippen LogP contribution >= 0.6 is 0 Å². The van der Waals surface area contributed by atoms with Crippen molar-refractivity contribution < 1.29 is 14.3 Å². The second-order valence-corrected chi connectivity index (χ2v) is 8.89. The number of hydrogen-bond acceptors (Lipinski definition) is 4. The lowest BCUT2D eigenvalue weighted by Crippen LogP contribution is -2.51. The maximum absolute atomic E-state index is 12.5. The van der Waals surface area contributed by atoms with Crippen LogP contribution < -0.4 is 5.32 Å². The lowest BCUT2D eigenvalue weighted by molar-refractivity contribution is -0.142. The Hall–Kier alpha value is -1.92. The van der Waals surface area contributed by atoms with Gasteiger partial charge in [-0.15, -0.1) is 0 Å². The van der Waals surface area contributed by atoms with E-state index in [2.05, 4.69) is 22.3 Å². The maximum atomic E-state index is 12.5. The van der Waals surface area contributed by atoms with E-state index in [4.69, 9.17) is 4.74 Å². The third-order valence-corrected chi connectivity index (χ3v) is 6.95. The minimum absolute atomic E-state index is 0.137. The van der Waals surface area contributed by atoms with Crippen LogP contribution in [0.2, 0.25) is 0 Å². The van der Waals surface area contributed by atoms with Gasteiger partial charge in [-0.1, -0.05) is 30.3 Å². The summed E-state index contributed by atoms with van der Waals surface area (Å²) < 4.78 is 5.56. The highest BCUT2D eigenvalue weighted by Crippen LogP contribution is 2.25. The Morgan fingerprint density at radius 2 is 1.70 bits per heavy atom. The topological polar surface area (TPSA) is 61.9 Å². The van der Waals surface area contributed by atoms with Crippen LogP contribution in [-0.2, 0) is 20.7 Å². The number of likely N-dealkylation sites (tertiary alicyclic amines) is 2. The van der Waals surface area contributed by atoms with Gasteiger partial charge in [0.25, 0.3) is 5.91 Å². The largest absolute Gasteiger partial charge is 0.368 e. The van der Waals surface area contributed by atoms with Gasteiger partial charge in [-0.3, -0.25) is 9.59 Å². The Morgan fingerprint density at radius 3 is 2.37 bits per heavy atom. The number of carbonyl (C=O) groups excluding carboxylic acids is 2. The molecule has 0 saturated carbocycles. The number of nitrogens with one attached hydrogen (secondary N) is 1. The number of rotatable bonds is 6. The van der Waals surface area contributed by atoms with E-state index in [-0.39, 0.29) is 23.8 Å². The van der Waals surface area contributed by atoms with Gasteiger partial charge in [0, 0.05) is 38.2 Å². The Labute approximate surface area is 179 Å². The first-order valence-electron chi connectivity index (χ1n) is 11.7. The van der Waals surface area contributed by atoms with E-state index in [1.807, 2.05) is 23.1 Å². The van der Waals surface area contributed by atoms with E-state index in [0.717, 1.165) is 77.7 Å². The quantitative estimate of drug-likeness (QED) is 0.777. The summed E-state index contributed by atoms with van der Waals surface area (Å²) in [6, 6.07) is 10.8. The van der Waals surface area contributed by atoms with Crippen LogP contribution in [-0.4, -0.2) is 73.1 Å². The number of piperidine rings is 2. The molecular weight excluding hydrogens is 378 g/mol. The average molecular weight is 414 g/mol. The van der Waals surface area contributed by atoms with Crippen LogP contribution in [0.5, 0.6) is 0 Å². The van der Waals surface area contributed by atoms with Crippen LogP contribution in [0.3, 0.4) is 0 Å². The lowest BCUT2D eigenvalue weighted by atomic mass is 9.92. The van der Waals surface area contributed by atoms with E-state index in [1.165, 1.54) is 5.56 Å². The smallest absolute Gasteiger partial charge is 0.251 e. The summed E-state index contributed by atoms with van der Waals surface area (Å²) in [5.41, 5.74) is 1.26. The SMILES string of the molecule is O=C(NCCc1ccccc1)C1CCN(C2CCN(C(=O)C3CCCO3)CC2)CC1. The summed E-state index contributed by atoms with van der Waals surface area (Å²) in [5, 5.41) is 3.13. The van der Waals surface area contributed by atoms with Gasteiger partial charge >= 0.3 is 0 Å².